The van der Waals surface area contributed by atoms with Crippen LogP contribution in [0.4, 0.5) is 5.69 Å². The largest absolute Gasteiger partial charge is 0.497 e. The van der Waals surface area contributed by atoms with Crippen molar-refractivity contribution in [3.05, 3.63) is 47.5 Å². The van der Waals surface area contributed by atoms with Gasteiger partial charge in [-0.1, -0.05) is 39.0 Å². The smallest absolute Gasteiger partial charge is 0.192 e. The van der Waals surface area contributed by atoms with Gasteiger partial charge in [0.15, 0.2) is 8.32 Å². The van der Waals surface area contributed by atoms with E-state index in [1.165, 1.54) is 11.1 Å². The number of rotatable bonds is 4. The van der Waals surface area contributed by atoms with Crippen LogP contribution in [-0.4, -0.2) is 15.4 Å². The minimum Gasteiger partial charge on any atom is -0.497 e. The van der Waals surface area contributed by atoms with Crippen LogP contribution in [-0.2, 0) is 10.8 Å². The van der Waals surface area contributed by atoms with E-state index in [1.54, 1.807) is 7.11 Å². The molecule has 0 aromatic heterocycles. The Morgan fingerprint density at radius 1 is 1.08 bits per heavy atom. The highest BCUT2D eigenvalue weighted by atomic mass is 28.4. The Balaban J connectivity index is 1.87. The summed E-state index contributed by atoms with van der Waals surface area (Å²) in [7, 11) is -0.110. The number of nitrogens with two attached hydrogens (primary N) is 1. The number of ether oxygens (including phenoxy) is 1. The highest BCUT2D eigenvalue weighted by Crippen LogP contribution is 2.44. The van der Waals surface area contributed by atoms with Crippen LogP contribution in [0, 0.1) is 0 Å². The molecule has 2 N–H and O–H groups in total. The van der Waals surface area contributed by atoms with Gasteiger partial charge in [0.2, 0.25) is 0 Å². The Morgan fingerprint density at radius 3 is 2.42 bits per heavy atom. The molecule has 2 aromatic rings. The molecule has 1 aliphatic rings. The van der Waals surface area contributed by atoms with E-state index in [4.69, 9.17) is 14.9 Å². The zero-order valence-electron chi connectivity index (χ0n) is 16.8. The molecule has 3 rings (SSSR count). The lowest BCUT2D eigenvalue weighted by Crippen LogP contribution is -2.41. The van der Waals surface area contributed by atoms with Gasteiger partial charge in [0.1, 0.15) is 5.75 Å². The third-order valence-corrected chi connectivity index (χ3v) is 10.5. The zero-order valence-corrected chi connectivity index (χ0v) is 17.8. The summed E-state index contributed by atoms with van der Waals surface area (Å²) in [5.41, 5.74) is 11.9. The molecule has 0 amide bonds. The van der Waals surface area contributed by atoms with Crippen molar-refractivity contribution in [1.82, 2.24) is 0 Å². The molecule has 4 heteroatoms. The molecule has 0 spiro atoms. The van der Waals surface area contributed by atoms with Gasteiger partial charge in [-0.2, -0.15) is 0 Å². The molecule has 0 heterocycles. The van der Waals surface area contributed by atoms with Crippen molar-refractivity contribution in [2.75, 3.05) is 12.8 Å². The number of nitrogen functional groups attached to an aromatic ring is 1. The molecule has 1 unspecified atom stereocenters. The molecule has 0 radical (unpaired) electrons. The van der Waals surface area contributed by atoms with Crippen LogP contribution in [0.15, 0.2) is 36.4 Å². The molecule has 2 aromatic carbocycles. The summed E-state index contributed by atoms with van der Waals surface area (Å²) >= 11 is 0. The Hall–Kier alpha value is -1.78. The second kappa shape index (κ2) is 6.75. The maximum Gasteiger partial charge on any atom is 0.192 e. The van der Waals surface area contributed by atoms with E-state index in [9.17, 15) is 0 Å². The Bertz CT molecular complexity index is 808. The normalized spacial score (nSPS) is 17.2. The van der Waals surface area contributed by atoms with Gasteiger partial charge >= 0.3 is 0 Å². The van der Waals surface area contributed by atoms with E-state index in [2.05, 4.69) is 52.1 Å². The van der Waals surface area contributed by atoms with E-state index in [0.717, 1.165) is 35.4 Å². The molecular formula is C22H31NO2Si. The summed E-state index contributed by atoms with van der Waals surface area (Å²) in [5, 5.41) is 0.229. The van der Waals surface area contributed by atoms with Crippen LogP contribution in [0.25, 0.3) is 11.1 Å². The number of benzene rings is 2. The predicted octanol–water partition coefficient (Wildman–Crippen LogP) is 5.95. The molecule has 26 heavy (non-hydrogen) atoms. The number of hydrogen-bond donors (Lipinski definition) is 1. The zero-order chi connectivity index (χ0) is 19.1. The van der Waals surface area contributed by atoms with Crippen LogP contribution >= 0.6 is 0 Å². The lowest BCUT2D eigenvalue weighted by molar-refractivity contribution is 0.185. The van der Waals surface area contributed by atoms with Gasteiger partial charge in [-0.3, -0.25) is 0 Å². The molecule has 0 bridgehead atoms. The topological polar surface area (TPSA) is 44.5 Å². The summed E-state index contributed by atoms with van der Waals surface area (Å²) in [4.78, 5) is 0. The first-order chi connectivity index (χ1) is 12.1. The number of fused-ring (bicyclic) bond motifs is 1. The maximum absolute atomic E-state index is 6.69. The standard InChI is InChI=1S/C22H31NO2Si/c1-22(2,3)26(5,6)25-21-12-8-16-13-15(7-10-19(16)21)18-11-9-17(24-4)14-20(18)23/h7,9-11,13-14,21H,8,12,23H2,1-6H3. The van der Waals surface area contributed by atoms with Crippen molar-refractivity contribution >= 4 is 14.0 Å². The van der Waals surface area contributed by atoms with Crippen molar-refractivity contribution < 1.29 is 9.16 Å². The Kier molecular flexibility index (Phi) is 4.93. The third kappa shape index (κ3) is 3.53. The van der Waals surface area contributed by atoms with Gasteiger partial charge in [-0.25, -0.2) is 0 Å². The summed E-state index contributed by atoms with van der Waals surface area (Å²) < 4.78 is 11.9. The fraction of sp³-hybridized carbons (Fsp3) is 0.455. The van der Waals surface area contributed by atoms with Crippen LogP contribution in [0.5, 0.6) is 5.75 Å². The van der Waals surface area contributed by atoms with E-state index in [-0.39, 0.29) is 11.1 Å². The van der Waals surface area contributed by atoms with Gasteiger partial charge < -0.3 is 14.9 Å². The van der Waals surface area contributed by atoms with Gasteiger partial charge in [-0.05, 0) is 59.8 Å². The lowest BCUT2D eigenvalue weighted by atomic mass is 9.99. The molecule has 140 valence electrons. The van der Waals surface area contributed by atoms with Crippen molar-refractivity contribution in [3.63, 3.8) is 0 Å². The van der Waals surface area contributed by atoms with Crippen molar-refractivity contribution in [2.45, 2.75) is 57.8 Å². The van der Waals surface area contributed by atoms with E-state index >= 15 is 0 Å². The predicted molar refractivity (Wildman–Crippen MR) is 112 cm³/mol. The minimum absolute atomic E-state index is 0.229. The SMILES string of the molecule is COc1ccc(-c2ccc3c(c2)CCC3O[Si](C)(C)C(C)(C)C)c(N)c1. The average Bonchev–Trinajstić information content (AvgIpc) is 2.95. The fourth-order valence-electron chi connectivity index (χ4n) is 3.33. The molecule has 0 saturated heterocycles. The molecule has 1 aliphatic carbocycles. The Labute approximate surface area is 158 Å². The van der Waals surface area contributed by atoms with Gasteiger partial charge in [-0.15, -0.1) is 0 Å². The quantitative estimate of drug-likeness (QED) is 0.535. The first-order valence-electron chi connectivity index (χ1n) is 9.37. The number of methoxy groups -OCH3 is 1. The van der Waals surface area contributed by atoms with Crippen molar-refractivity contribution in [1.29, 1.82) is 0 Å². The monoisotopic (exact) mass is 369 g/mol. The first-order valence-corrected chi connectivity index (χ1v) is 12.3. The molecule has 3 nitrogen and oxygen atoms in total. The Morgan fingerprint density at radius 2 is 1.81 bits per heavy atom. The number of anilines is 1. The van der Waals surface area contributed by atoms with Gasteiger partial charge in [0.05, 0.1) is 13.2 Å². The van der Waals surface area contributed by atoms with Crippen molar-refractivity contribution in [2.24, 2.45) is 0 Å². The van der Waals surface area contributed by atoms with Gasteiger partial charge in [0, 0.05) is 17.3 Å². The summed E-state index contributed by atoms with van der Waals surface area (Å²) in [6.07, 6.45) is 2.37. The van der Waals surface area contributed by atoms with E-state index in [0.29, 0.717) is 0 Å². The molecule has 0 aliphatic heterocycles. The second-order valence-electron chi connectivity index (χ2n) is 8.77. The average molecular weight is 370 g/mol. The summed E-state index contributed by atoms with van der Waals surface area (Å²) in [6.45, 7) is 11.6. The van der Waals surface area contributed by atoms with Crippen LogP contribution in [0.1, 0.15) is 44.4 Å². The molecule has 1 atom stereocenters. The maximum atomic E-state index is 6.69. The number of aryl methyl sites for hydroxylation is 1. The molecular weight excluding hydrogens is 338 g/mol. The molecule has 0 fully saturated rings. The highest BCUT2D eigenvalue weighted by Gasteiger charge is 2.40. The van der Waals surface area contributed by atoms with E-state index < -0.39 is 8.32 Å². The summed E-state index contributed by atoms with van der Waals surface area (Å²) in [6, 6.07) is 12.6. The highest BCUT2D eigenvalue weighted by molar-refractivity contribution is 6.74. The number of hydrogen-bond acceptors (Lipinski definition) is 3. The second-order valence-corrected chi connectivity index (χ2v) is 13.5. The van der Waals surface area contributed by atoms with Gasteiger partial charge in [0.25, 0.3) is 0 Å². The third-order valence-electron chi connectivity index (χ3n) is 5.98. The lowest BCUT2D eigenvalue weighted by Gasteiger charge is -2.38. The van der Waals surface area contributed by atoms with Crippen LogP contribution in [0.2, 0.25) is 18.1 Å². The van der Waals surface area contributed by atoms with Crippen LogP contribution < -0.4 is 10.5 Å². The van der Waals surface area contributed by atoms with Crippen molar-refractivity contribution in [3.8, 4) is 16.9 Å². The fourth-order valence-corrected chi connectivity index (χ4v) is 4.64. The minimum atomic E-state index is -1.77. The van der Waals surface area contributed by atoms with E-state index in [1.807, 2.05) is 18.2 Å². The van der Waals surface area contributed by atoms with Crippen LogP contribution in [0.3, 0.4) is 0 Å². The summed E-state index contributed by atoms with van der Waals surface area (Å²) in [5.74, 6) is 0.787. The first kappa shape index (κ1) is 19.0. The molecule has 0 saturated carbocycles.